The molecular formula is C11H18O. The summed E-state index contributed by atoms with van der Waals surface area (Å²) in [4.78, 5) is 0. The summed E-state index contributed by atoms with van der Waals surface area (Å²) in [5, 5.41) is 0. The molecule has 12 heavy (non-hydrogen) atoms. The highest BCUT2D eigenvalue weighted by Gasteiger charge is 1.88. The van der Waals surface area contributed by atoms with Crippen molar-refractivity contribution in [2.45, 2.75) is 20.3 Å². The Kier molecular flexibility index (Phi) is 6.39. The average Bonchev–Trinajstić information content (AvgIpc) is 2.18. The van der Waals surface area contributed by atoms with Crippen LogP contribution < -0.4 is 0 Å². The van der Waals surface area contributed by atoms with Crippen LogP contribution in [0.1, 0.15) is 20.3 Å². The summed E-state index contributed by atoms with van der Waals surface area (Å²) in [6.07, 6.45) is 9.79. The first-order valence-electron chi connectivity index (χ1n) is 4.11. The molecule has 0 aromatic heterocycles. The van der Waals surface area contributed by atoms with Crippen LogP contribution >= 0.6 is 0 Å². The van der Waals surface area contributed by atoms with Crippen molar-refractivity contribution >= 4 is 0 Å². The Hall–Kier alpha value is -0.820. The maximum Gasteiger partial charge on any atom is 0.0351 e. The second-order valence-electron chi connectivity index (χ2n) is 2.94. The summed E-state index contributed by atoms with van der Waals surface area (Å²) in [7, 11) is 3.25. The maximum absolute atomic E-state index is 4.25. The fourth-order valence-corrected chi connectivity index (χ4v) is 0.828. The van der Waals surface area contributed by atoms with Crippen LogP contribution in [0.25, 0.3) is 0 Å². The molecule has 68 valence electrons. The van der Waals surface area contributed by atoms with E-state index in [4.69, 9.17) is 0 Å². The van der Waals surface area contributed by atoms with Gasteiger partial charge < -0.3 is 4.74 Å². The number of methoxy groups -OCH3 is 1. The van der Waals surface area contributed by atoms with E-state index in [1.807, 2.05) is 0 Å². The zero-order valence-electron chi connectivity index (χ0n) is 8.42. The molecular weight excluding hydrogens is 148 g/mol. The van der Waals surface area contributed by atoms with Crippen LogP contribution in [0, 0.1) is 0 Å². The highest BCUT2D eigenvalue weighted by Crippen LogP contribution is 2.08. The topological polar surface area (TPSA) is 9.23 Å². The van der Waals surface area contributed by atoms with Crippen molar-refractivity contribution in [1.82, 2.24) is 0 Å². The molecule has 0 radical (unpaired) electrons. The van der Waals surface area contributed by atoms with Crippen LogP contribution in [-0.4, -0.2) is 14.2 Å². The molecule has 0 amide bonds. The second kappa shape index (κ2) is 6.86. The van der Waals surface area contributed by atoms with E-state index in [1.165, 1.54) is 11.1 Å². The number of rotatable bonds is 0. The lowest BCUT2D eigenvalue weighted by Gasteiger charge is -1.86. The van der Waals surface area contributed by atoms with Crippen molar-refractivity contribution in [3.8, 4) is 0 Å². The zero-order valence-corrected chi connectivity index (χ0v) is 8.42. The molecule has 0 aliphatic heterocycles. The molecule has 1 nitrogen and oxygen atoms in total. The van der Waals surface area contributed by atoms with Crippen LogP contribution in [0.3, 0.4) is 0 Å². The van der Waals surface area contributed by atoms with Gasteiger partial charge in [-0.15, -0.1) is 0 Å². The van der Waals surface area contributed by atoms with Crippen molar-refractivity contribution < 1.29 is 4.74 Å². The van der Waals surface area contributed by atoms with E-state index in [9.17, 15) is 0 Å². The van der Waals surface area contributed by atoms with Gasteiger partial charge in [0.2, 0.25) is 0 Å². The minimum atomic E-state index is 1.10. The molecule has 1 aliphatic carbocycles. The molecule has 0 heterocycles. The van der Waals surface area contributed by atoms with Gasteiger partial charge in [-0.25, -0.2) is 0 Å². The predicted octanol–water partition coefficient (Wildman–Crippen LogP) is 3.10. The molecule has 0 fully saturated rings. The Balaban J connectivity index is 0.000000354. The van der Waals surface area contributed by atoms with Crippen LogP contribution in [0.4, 0.5) is 0 Å². The molecule has 0 saturated heterocycles. The largest absolute Gasteiger partial charge is 0.388 e. The predicted molar refractivity (Wildman–Crippen MR) is 54.2 cm³/mol. The number of ether oxygens (including phenoxy) is 1. The van der Waals surface area contributed by atoms with E-state index in [0.717, 1.165) is 6.42 Å². The van der Waals surface area contributed by atoms with Gasteiger partial charge in [-0.1, -0.05) is 35.5 Å². The zero-order chi connectivity index (χ0) is 9.40. The van der Waals surface area contributed by atoms with Gasteiger partial charge in [-0.2, -0.15) is 0 Å². The Morgan fingerprint density at radius 1 is 1.17 bits per heavy atom. The number of hydrogen-bond acceptors (Lipinski definition) is 1. The maximum atomic E-state index is 4.25. The van der Waals surface area contributed by atoms with Crippen molar-refractivity contribution in [2.24, 2.45) is 0 Å². The SMILES string of the molecule is CC1=CC=C(C)CC=C1.COC. The Bertz CT molecular complexity index is 197. The molecule has 1 aliphatic rings. The fraction of sp³-hybridized carbons (Fsp3) is 0.455. The Morgan fingerprint density at radius 3 is 2.33 bits per heavy atom. The third kappa shape index (κ3) is 5.93. The first-order valence-corrected chi connectivity index (χ1v) is 4.11. The molecule has 0 spiro atoms. The summed E-state index contributed by atoms with van der Waals surface area (Å²) < 4.78 is 4.25. The van der Waals surface area contributed by atoms with Crippen LogP contribution in [0.15, 0.2) is 35.5 Å². The van der Waals surface area contributed by atoms with E-state index in [2.05, 4.69) is 42.9 Å². The average molecular weight is 166 g/mol. The molecule has 0 unspecified atom stereocenters. The van der Waals surface area contributed by atoms with Gasteiger partial charge in [-0.3, -0.25) is 0 Å². The minimum Gasteiger partial charge on any atom is -0.388 e. The summed E-state index contributed by atoms with van der Waals surface area (Å²) in [6.45, 7) is 4.27. The van der Waals surface area contributed by atoms with Gasteiger partial charge in [0, 0.05) is 14.2 Å². The highest BCUT2D eigenvalue weighted by molar-refractivity contribution is 5.28. The van der Waals surface area contributed by atoms with Gasteiger partial charge in [0.25, 0.3) is 0 Å². The van der Waals surface area contributed by atoms with Gasteiger partial charge >= 0.3 is 0 Å². The standard InChI is InChI=1S/C9H12.C2H6O/c1-8-4-3-5-9(2)7-6-8;1-3-2/h3-4,6-7H,5H2,1-2H3;1-2H3. The van der Waals surface area contributed by atoms with Gasteiger partial charge in [0.1, 0.15) is 0 Å². The number of hydrogen-bond donors (Lipinski definition) is 0. The van der Waals surface area contributed by atoms with E-state index in [-0.39, 0.29) is 0 Å². The van der Waals surface area contributed by atoms with E-state index < -0.39 is 0 Å². The summed E-state index contributed by atoms with van der Waals surface area (Å²) in [5.41, 5.74) is 2.77. The van der Waals surface area contributed by atoms with Crippen molar-refractivity contribution in [1.29, 1.82) is 0 Å². The monoisotopic (exact) mass is 166 g/mol. The molecule has 0 atom stereocenters. The van der Waals surface area contributed by atoms with E-state index >= 15 is 0 Å². The molecule has 0 bridgehead atoms. The highest BCUT2D eigenvalue weighted by atomic mass is 16.4. The van der Waals surface area contributed by atoms with Crippen LogP contribution in [-0.2, 0) is 4.74 Å². The fourth-order valence-electron chi connectivity index (χ4n) is 0.828. The summed E-state index contributed by atoms with van der Waals surface area (Å²) in [5.74, 6) is 0. The molecule has 0 N–H and O–H groups in total. The van der Waals surface area contributed by atoms with Crippen molar-refractivity contribution in [3.63, 3.8) is 0 Å². The lowest BCUT2D eigenvalue weighted by atomic mass is 10.2. The normalized spacial score (nSPS) is 15.3. The first kappa shape index (κ1) is 11.2. The van der Waals surface area contributed by atoms with Crippen molar-refractivity contribution in [2.75, 3.05) is 14.2 Å². The van der Waals surface area contributed by atoms with Gasteiger partial charge in [0.15, 0.2) is 0 Å². The van der Waals surface area contributed by atoms with Crippen LogP contribution in [0.2, 0.25) is 0 Å². The van der Waals surface area contributed by atoms with E-state index in [1.54, 1.807) is 14.2 Å². The first-order chi connectivity index (χ1) is 5.70. The third-order valence-corrected chi connectivity index (χ3v) is 1.45. The lowest BCUT2D eigenvalue weighted by molar-refractivity contribution is 0.277. The number of allylic oxidation sites excluding steroid dienone is 6. The lowest BCUT2D eigenvalue weighted by Crippen LogP contribution is -1.66. The summed E-state index contributed by atoms with van der Waals surface area (Å²) in [6, 6.07) is 0. The second-order valence-corrected chi connectivity index (χ2v) is 2.94. The van der Waals surface area contributed by atoms with E-state index in [0.29, 0.717) is 0 Å². The summed E-state index contributed by atoms with van der Waals surface area (Å²) >= 11 is 0. The minimum absolute atomic E-state index is 1.10. The Morgan fingerprint density at radius 2 is 1.75 bits per heavy atom. The van der Waals surface area contributed by atoms with Crippen LogP contribution in [0.5, 0.6) is 0 Å². The third-order valence-electron chi connectivity index (χ3n) is 1.45. The quantitative estimate of drug-likeness (QED) is 0.537. The van der Waals surface area contributed by atoms with Gasteiger partial charge in [-0.05, 0) is 20.3 Å². The molecule has 0 aromatic rings. The molecule has 1 rings (SSSR count). The Labute approximate surface area is 75.4 Å². The molecule has 0 saturated carbocycles. The van der Waals surface area contributed by atoms with Crippen molar-refractivity contribution in [3.05, 3.63) is 35.5 Å². The smallest absolute Gasteiger partial charge is 0.0351 e. The van der Waals surface area contributed by atoms with Gasteiger partial charge in [0.05, 0.1) is 0 Å². The molecule has 0 aromatic carbocycles. The molecule has 1 heteroatoms.